The van der Waals surface area contributed by atoms with Crippen LogP contribution in [0.1, 0.15) is 41.8 Å². The monoisotopic (exact) mass is 493 g/mol. The molecule has 35 heavy (non-hydrogen) atoms. The SMILES string of the molecule is C[C@@H]1Cc2c([nH]c3ccccc23)C(c2cc(OCCNCCCF)ccc2CO)N1CC(F)(F)F. The van der Waals surface area contributed by atoms with Crippen molar-refractivity contribution in [3.8, 4) is 5.75 Å². The Hall–Kier alpha value is -2.62. The van der Waals surface area contributed by atoms with Crippen LogP contribution in [0.25, 0.3) is 10.9 Å². The van der Waals surface area contributed by atoms with Crippen molar-refractivity contribution in [3.63, 3.8) is 0 Å². The molecular formula is C26H31F4N3O2. The fraction of sp³-hybridized carbons (Fsp3) is 0.462. The van der Waals surface area contributed by atoms with E-state index in [9.17, 15) is 22.7 Å². The first kappa shape index (κ1) is 25.5. The molecule has 2 atom stereocenters. The van der Waals surface area contributed by atoms with Gasteiger partial charge in [-0.05, 0) is 61.2 Å². The largest absolute Gasteiger partial charge is 0.492 e. The lowest BCUT2D eigenvalue weighted by molar-refractivity contribution is -0.155. The predicted molar refractivity (Wildman–Crippen MR) is 127 cm³/mol. The van der Waals surface area contributed by atoms with Gasteiger partial charge in [0.25, 0.3) is 0 Å². The molecule has 2 aromatic carbocycles. The van der Waals surface area contributed by atoms with E-state index in [1.54, 1.807) is 18.2 Å². The Morgan fingerprint density at radius 1 is 1.17 bits per heavy atom. The average molecular weight is 494 g/mol. The Kier molecular flexibility index (Phi) is 7.98. The number of alkyl halides is 4. The molecule has 4 rings (SSSR count). The number of aliphatic hydroxyl groups is 1. The molecule has 3 aromatic rings. The lowest BCUT2D eigenvalue weighted by Crippen LogP contribution is -2.47. The molecule has 0 aliphatic carbocycles. The Bertz CT molecular complexity index is 1130. The van der Waals surface area contributed by atoms with E-state index in [1.807, 2.05) is 31.2 Å². The molecule has 3 N–H and O–H groups in total. The molecule has 0 fully saturated rings. The first-order valence-corrected chi connectivity index (χ1v) is 11.9. The molecule has 9 heteroatoms. The van der Waals surface area contributed by atoms with E-state index in [1.165, 1.54) is 4.90 Å². The first-order valence-electron chi connectivity index (χ1n) is 11.9. The molecule has 0 radical (unpaired) electrons. The van der Waals surface area contributed by atoms with Gasteiger partial charge in [0.1, 0.15) is 12.4 Å². The number of nitrogens with zero attached hydrogens (tertiary/aromatic N) is 1. The van der Waals surface area contributed by atoms with Gasteiger partial charge in [-0.15, -0.1) is 0 Å². The van der Waals surface area contributed by atoms with Crippen LogP contribution in [0.3, 0.4) is 0 Å². The molecule has 2 heterocycles. The van der Waals surface area contributed by atoms with Crippen LogP contribution in [0.4, 0.5) is 17.6 Å². The van der Waals surface area contributed by atoms with Gasteiger partial charge in [0.15, 0.2) is 0 Å². The summed E-state index contributed by atoms with van der Waals surface area (Å²) in [4.78, 5) is 4.82. The van der Waals surface area contributed by atoms with Crippen molar-refractivity contribution in [1.82, 2.24) is 15.2 Å². The van der Waals surface area contributed by atoms with Crippen molar-refractivity contribution in [2.75, 3.05) is 32.9 Å². The van der Waals surface area contributed by atoms with Gasteiger partial charge in [-0.3, -0.25) is 9.29 Å². The number of rotatable bonds is 10. The van der Waals surface area contributed by atoms with E-state index in [0.717, 1.165) is 16.5 Å². The van der Waals surface area contributed by atoms with E-state index in [0.29, 0.717) is 55.1 Å². The number of ether oxygens (including phenoxy) is 1. The van der Waals surface area contributed by atoms with Crippen LogP contribution in [0.15, 0.2) is 42.5 Å². The van der Waals surface area contributed by atoms with Crippen molar-refractivity contribution in [3.05, 3.63) is 64.8 Å². The van der Waals surface area contributed by atoms with Gasteiger partial charge >= 0.3 is 6.18 Å². The zero-order valence-corrected chi connectivity index (χ0v) is 19.7. The molecule has 1 aromatic heterocycles. The number of benzene rings is 2. The molecule has 0 amide bonds. The average Bonchev–Trinajstić information content (AvgIpc) is 3.19. The summed E-state index contributed by atoms with van der Waals surface area (Å²) in [5, 5.41) is 14.2. The minimum atomic E-state index is -4.38. The smallest absolute Gasteiger partial charge is 0.401 e. The third-order valence-electron chi connectivity index (χ3n) is 6.50. The Morgan fingerprint density at radius 3 is 2.71 bits per heavy atom. The summed E-state index contributed by atoms with van der Waals surface area (Å²) in [6.07, 6.45) is -3.47. The number of fused-ring (bicyclic) bond motifs is 3. The van der Waals surface area contributed by atoms with Gasteiger partial charge < -0.3 is 20.1 Å². The number of hydrogen-bond acceptors (Lipinski definition) is 4. The summed E-state index contributed by atoms with van der Waals surface area (Å²) >= 11 is 0. The minimum Gasteiger partial charge on any atom is -0.492 e. The highest BCUT2D eigenvalue weighted by Crippen LogP contribution is 2.43. The van der Waals surface area contributed by atoms with Crippen molar-refractivity contribution in [2.45, 2.75) is 44.6 Å². The van der Waals surface area contributed by atoms with E-state index in [-0.39, 0.29) is 19.3 Å². The molecule has 0 bridgehead atoms. The zero-order valence-electron chi connectivity index (χ0n) is 19.7. The lowest BCUT2D eigenvalue weighted by atomic mass is 9.86. The summed E-state index contributed by atoms with van der Waals surface area (Å²) in [7, 11) is 0. The van der Waals surface area contributed by atoms with Crippen molar-refractivity contribution >= 4 is 10.9 Å². The Balaban J connectivity index is 1.72. The number of halogens is 4. The molecule has 5 nitrogen and oxygen atoms in total. The number of aliphatic hydroxyl groups excluding tert-OH is 1. The van der Waals surface area contributed by atoms with Gasteiger partial charge in [0, 0.05) is 29.2 Å². The maximum atomic E-state index is 13.7. The van der Waals surface area contributed by atoms with Crippen LogP contribution >= 0.6 is 0 Å². The maximum absolute atomic E-state index is 13.7. The fourth-order valence-corrected chi connectivity index (χ4v) is 4.91. The first-order chi connectivity index (χ1) is 16.8. The lowest BCUT2D eigenvalue weighted by Gasteiger charge is -2.41. The van der Waals surface area contributed by atoms with Crippen LogP contribution < -0.4 is 10.1 Å². The topological polar surface area (TPSA) is 60.5 Å². The van der Waals surface area contributed by atoms with Gasteiger partial charge in [0.05, 0.1) is 25.9 Å². The number of H-pyrrole nitrogens is 1. The highest BCUT2D eigenvalue weighted by Gasteiger charge is 2.42. The molecule has 1 aliphatic rings. The van der Waals surface area contributed by atoms with Crippen molar-refractivity contribution in [2.24, 2.45) is 0 Å². The van der Waals surface area contributed by atoms with Crippen LogP contribution in [0, 0.1) is 0 Å². The number of nitrogens with one attached hydrogen (secondary N) is 2. The zero-order chi connectivity index (χ0) is 25.0. The fourth-order valence-electron chi connectivity index (χ4n) is 4.91. The molecular weight excluding hydrogens is 462 g/mol. The molecule has 0 saturated carbocycles. The Labute approximate surface area is 202 Å². The van der Waals surface area contributed by atoms with Crippen LogP contribution in [0.2, 0.25) is 0 Å². The second-order valence-corrected chi connectivity index (χ2v) is 8.97. The molecule has 190 valence electrons. The summed E-state index contributed by atoms with van der Waals surface area (Å²) in [5.41, 5.74) is 3.73. The van der Waals surface area contributed by atoms with Gasteiger partial charge in [0.2, 0.25) is 0 Å². The summed E-state index contributed by atoms with van der Waals surface area (Å²) < 4.78 is 59.1. The summed E-state index contributed by atoms with van der Waals surface area (Å²) in [6, 6.07) is 11.8. The summed E-state index contributed by atoms with van der Waals surface area (Å²) in [5.74, 6) is 0.507. The number of aromatic amines is 1. The normalized spacial score (nSPS) is 18.7. The third kappa shape index (κ3) is 5.79. The maximum Gasteiger partial charge on any atom is 0.401 e. The third-order valence-corrected chi connectivity index (χ3v) is 6.50. The van der Waals surface area contributed by atoms with E-state index in [2.05, 4.69) is 10.3 Å². The number of aromatic nitrogens is 1. The van der Waals surface area contributed by atoms with Gasteiger partial charge in [-0.25, -0.2) is 0 Å². The van der Waals surface area contributed by atoms with Crippen molar-refractivity contribution in [1.29, 1.82) is 0 Å². The van der Waals surface area contributed by atoms with Crippen LogP contribution in [-0.4, -0.2) is 60.1 Å². The van der Waals surface area contributed by atoms with E-state index >= 15 is 0 Å². The summed E-state index contributed by atoms with van der Waals surface area (Å²) in [6.45, 7) is 1.45. The standard InChI is InChI=1S/C26H31F4N3O2/c1-17-13-22-20-5-2-3-6-23(20)32-24(22)25(33(17)16-26(28,29)30)21-14-19(8-7-18(21)15-34)35-12-11-31-10-4-9-27/h2-3,5-8,14,17,25,31-32,34H,4,9-13,15-16H2,1H3/t17-,25?/m1/s1. The van der Waals surface area contributed by atoms with E-state index in [4.69, 9.17) is 4.74 Å². The molecule has 0 spiro atoms. The number of hydrogen-bond donors (Lipinski definition) is 3. The quantitative estimate of drug-likeness (QED) is 0.278. The van der Waals surface area contributed by atoms with Gasteiger partial charge in [-0.1, -0.05) is 24.3 Å². The number of para-hydroxylation sites is 1. The van der Waals surface area contributed by atoms with E-state index < -0.39 is 18.8 Å². The van der Waals surface area contributed by atoms with Crippen LogP contribution in [0.5, 0.6) is 5.75 Å². The highest BCUT2D eigenvalue weighted by molar-refractivity contribution is 5.85. The molecule has 0 saturated heterocycles. The molecule has 1 aliphatic heterocycles. The second kappa shape index (κ2) is 11.0. The van der Waals surface area contributed by atoms with Crippen molar-refractivity contribution < 1.29 is 27.4 Å². The highest BCUT2D eigenvalue weighted by atomic mass is 19.4. The molecule has 1 unspecified atom stereocenters. The predicted octanol–water partition coefficient (Wildman–Crippen LogP) is 4.89. The second-order valence-electron chi connectivity index (χ2n) is 8.97. The Morgan fingerprint density at radius 2 is 1.97 bits per heavy atom. The van der Waals surface area contributed by atoms with Crippen LogP contribution in [-0.2, 0) is 13.0 Å². The minimum absolute atomic E-state index is 0.305. The van der Waals surface area contributed by atoms with Gasteiger partial charge in [-0.2, -0.15) is 13.2 Å².